The molecular formula is C16H11BrClNO3. The van der Waals surface area contributed by atoms with Crippen LogP contribution >= 0.6 is 27.5 Å². The number of carbonyl (C=O) groups is 2. The number of hydrogen-bond donors (Lipinski definition) is 1. The summed E-state index contributed by atoms with van der Waals surface area (Å²) in [7, 11) is 0. The van der Waals surface area contributed by atoms with Crippen LogP contribution in [0.3, 0.4) is 0 Å². The first-order valence-electron chi connectivity index (χ1n) is 6.64. The standard InChI is InChI=1S/C16H11BrClNO3/c1-2-22-16(21)19-11-7-10-12(14(18)13(11)17)8-5-3-4-6-9(8)15(10)20/h3-7H,2H2,1H3,(H,19,21). The molecule has 112 valence electrons. The number of carbonyl (C=O) groups excluding carboxylic acids is 2. The number of rotatable bonds is 2. The Bertz CT molecular complexity index is 804. The molecule has 3 rings (SSSR count). The lowest BCUT2D eigenvalue weighted by atomic mass is 10.1. The minimum absolute atomic E-state index is 0.105. The summed E-state index contributed by atoms with van der Waals surface area (Å²) in [6.07, 6.45) is -0.595. The zero-order valence-electron chi connectivity index (χ0n) is 11.6. The number of ketones is 1. The van der Waals surface area contributed by atoms with E-state index in [2.05, 4.69) is 21.2 Å². The maximum Gasteiger partial charge on any atom is 0.411 e. The van der Waals surface area contributed by atoms with E-state index in [-0.39, 0.29) is 12.4 Å². The van der Waals surface area contributed by atoms with Crippen LogP contribution in [0.5, 0.6) is 0 Å². The Morgan fingerprint density at radius 1 is 1.27 bits per heavy atom. The molecule has 2 aromatic carbocycles. The zero-order chi connectivity index (χ0) is 15.9. The smallest absolute Gasteiger partial charge is 0.411 e. The number of fused-ring (bicyclic) bond motifs is 3. The number of halogens is 2. The third kappa shape index (κ3) is 2.30. The predicted molar refractivity (Wildman–Crippen MR) is 88.7 cm³/mol. The van der Waals surface area contributed by atoms with E-state index < -0.39 is 6.09 Å². The quantitative estimate of drug-likeness (QED) is 0.689. The van der Waals surface area contributed by atoms with E-state index in [4.69, 9.17) is 16.3 Å². The fraction of sp³-hybridized carbons (Fsp3) is 0.125. The lowest BCUT2D eigenvalue weighted by molar-refractivity contribution is 0.104. The van der Waals surface area contributed by atoms with Crippen molar-refractivity contribution in [3.05, 3.63) is 51.0 Å². The summed E-state index contributed by atoms with van der Waals surface area (Å²) in [6, 6.07) is 8.90. The van der Waals surface area contributed by atoms with Gasteiger partial charge in [0.25, 0.3) is 0 Å². The average Bonchev–Trinajstić information content (AvgIpc) is 2.78. The summed E-state index contributed by atoms with van der Waals surface area (Å²) in [6.45, 7) is 1.97. The number of hydrogen-bond acceptors (Lipinski definition) is 3. The highest BCUT2D eigenvalue weighted by molar-refractivity contribution is 9.10. The van der Waals surface area contributed by atoms with Gasteiger partial charge in [-0.05, 0) is 34.5 Å². The molecule has 0 unspecified atom stereocenters. The number of benzene rings is 2. The van der Waals surface area contributed by atoms with Crippen LogP contribution in [-0.4, -0.2) is 18.5 Å². The van der Waals surface area contributed by atoms with Crippen LogP contribution in [0.2, 0.25) is 5.02 Å². The van der Waals surface area contributed by atoms with Gasteiger partial charge in [-0.15, -0.1) is 0 Å². The molecule has 0 radical (unpaired) electrons. The third-order valence-corrected chi connectivity index (χ3v) is 4.83. The summed E-state index contributed by atoms with van der Waals surface area (Å²) in [5, 5.41) is 2.98. The molecule has 1 aliphatic rings. The lowest BCUT2D eigenvalue weighted by Gasteiger charge is -2.12. The van der Waals surface area contributed by atoms with Gasteiger partial charge in [0, 0.05) is 16.7 Å². The van der Waals surface area contributed by atoms with Crippen LogP contribution in [0.4, 0.5) is 10.5 Å². The summed E-state index contributed by atoms with van der Waals surface area (Å²) in [5.74, 6) is -0.105. The monoisotopic (exact) mass is 379 g/mol. The van der Waals surface area contributed by atoms with E-state index in [1.165, 1.54) is 0 Å². The van der Waals surface area contributed by atoms with Crippen LogP contribution in [0, 0.1) is 0 Å². The Morgan fingerprint density at radius 2 is 1.95 bits per heavy atom. The number of ether oxygens (including phenoxy) is 1. The van der Waals surface area contributed by atoms with E-state index >= 15 is 0 Å². The van der Waals surface area contributed by atoms with Crippen molar-refractivity contribution in [3.63, 3.8) is 0 Å². The minimum Gasteiger partial charge on any atom is -0.450 e. The largest absolute Gasteiger partial charge is 0.450 e. The van der Waals surface area contributed by atoms with Crippen molar-refractivity contribution in [2.75, 3.05) is 11.9 Å². The van der Waals surface area contributed by atoms with Gasteiger partial charge < -0.3 is 4.74 Å². The Kier molecular flexibility index (Phi) is 3.93. The van der Waals surface area contributed by atoms with Crippen LogP contribution in [0.15, 0.2) is 34.8 Å². The Morgan fingerprint density at radius 3 is 2.64 bits per heavy atom. The minimum atomic E-state index is -0.595. The Hall–Kier alpha value is -1.85. The second kappa shape index (κ2) is 5.74. The van der Waals surface area contributed by atoms with Crippen molar-refractivity contribution in [2.45, 2.75) is 6.92 Å². The van der Waals surface area contributed by atoms with E-state index in [9.17, 15) is 9.59 Å². The molecule has 22 heavy (non-hydrogen) atoms. The molecule has 1 aliphatic carbocycles. The van der Waals surface area contributed by atoms with Gasteiger partial charge in [-0.25, -0.2) is 4.79 Å². The van der Waals surface area contributed by atoms with E-state index in [0.717, 1.165) is 5.56 Å². The molecule has 0 atom stereocenters. The summed E-state index contributed by atoms with van der Waals surface area (Å²) < 4.78 is 5.37. The molecule has 2 aromatic rings. The van der Waals surface area contributed by atoms with Gasteiger partial charge in [-0.3, -0.25) is 10.1 Å². The van der Waals surface area contributed by atoms with Crippen molar-refractivity contribution in [2.24, 2.45) is 0 Å². The number of anilines is 1. The van der Waals surface area contributed by atoms with Crippen molar-refractivity contribution >= 4 is 45.1 Å². The van der Waals surface area contributed by atoms with Gasteiger partial charge in [0.15, 0.2) is 5.78 Å². The first kappa shape index (κ1) is 15.1. The fourth-order valence-corrected chi connectivity index (χ4v) is 3.20. The van der Waals surface area contributed by atoms with Gasteiger partial charge >= 0.3 is 6.09 Å². The molecule has 0 saturated carbocycles. The summed E-state index contributed by atoms with van der Waals surface area (Å²) >= 11 is 9.78. The highest BCUT2D eigenvalue weighted by Crippen LogP contribution is 2.46. The first-order valence-corrected chi connectivity index (χ1v) is 7.81. The number of amides is 1. The van der Waals surface area contributed by atoms with E-state index in [1.807, 2.05) is 18.2 Å². The topological polar surface area (TPSA) is 55.4 Å². The summed E-state index contributed by atoms with van der Waals surface area (Å²) in [5.41, 5.74) is 2.98. The fourth-order valence-electron chi connectivity index (χ4n) is 2.48. The van der Waals surface area contributed by atoms with Crippen LogP contribution in [0.1, 0.15) is 22.8 Å². The molecular weight excluding hydrogens is 370 g/mol. The van der Waals surface area contributed by atoms with Crippen molar-refractivity contribution in [3.8, 4) is 11.1 Å². The Balaban J connectivity index is 2.13. The third-order valence-electron chi connectivity index (χ3n) is 3.40. The molecule has 0 spiro atoms. The SMILES string of the molecule is CCOC(=O)Nc1cc2c(c(Cl)c1Br)-c1ccccc1C2=O. The summed E-state index contributed by atoms with van der Waals surface area (Å²) in [4.78, 5) is 24.1. The van der Waals surface area contributed by atoms with Crippen LogP contribution < -0.4 is 5.32 Å². The van der Waals surface area contributed by atoms with Crippen molar-refractivity contribution in [1.82, 2.24) is 0 Å². The maximum absolute atomic E-state index is 12.5. The molecule has 1 amide bonds. The molecule has 0 fully saturated rings. The second-order valence-corrected chi connectivity index (χ2v) is 5.87. The highest BCUT2D eigenvalue weighted by atomic mass is 79.9. The van der Waals surface area contributed by atoms with Gasteiger partial charge in [-0.1, -0.05) is 35.9 Å². The van der Waals surface area contributed by atoms with Gasteiger partial charge in [-0.2, -0.15) is 0 Å². The molecule has 0 aromatic heterocycles. The van der Waals surface area contributed by atoms with Gasteiger partial charge in [0.05, 0.1) is 21.8 Å². The van der Waals surface area contributed by atoms with E-state index in [1.54, 1.807) is 19.1 Å². The van der Waals surface area contributed by atoms with Gasteiger partial charge in [0.1, 0.15) is 0 Å². The van der Waals surface area contributed by atoms with E-state index in [0.29, 0.717) is 31.9 Å². The van der Waals surface area contributed by atoms with Crippen molar-refractivity contribution < 1.29 is 14.3 Å². The molecule has 4 nitrogen and oxygen atoms in total. The van der Waals surface area contributed by atoms with Crippen LogP contribution in [-0.2, 0) is 4.74 Å². The molecule has 1 N–H and O–H groups in total. The van der Waals surface area contributed by atoms with Crippen molar-refractivity contribution in [1.29, 1.82) is 0 Å². The maximum atomic E-state index is 12.5. The van der Waals surface area contributed by atoms with Gasteiger partial charge in [0.2, 0.25) is 0 Å². The zero-order valence-corrected chi connectivity index (χ0v) is 13.9. The number of nitrogens with one attached hydrogen (secondary N) is 1. The first-order chi connectivity index (χ1) is 10.5. The molecule has 0 bridgehead atoms. The lowest BCUT2D eigenvalue weighted by Crippen LogP contribution is -2.14. The predicted octanol–water partition coefficient (Wildman–Crippen LogP) is 4.88. The highest BCUT2D eigenvalue weighted by Gasteiger charge is 2.30. The molecule has 0 heterocycles. The molecule has 0 saturated heterocycles. The normalized spacial score (nSPS) is 11.9. The Labute approximate surface area is 140 Å². The second-order valence-electron chi connectivity index (χ2n) is 4.69. The molecule has 0 aliphatic heterocycles. The molecule has 6 heteroatoms. The average molecular weight is 381 g/mol. The van der Waals surface area contributed by atoms with Crippen LogP contribution in [0.25, 0.3) is 11.1 Å².